The highest BCUT2D eigenvalue weighted by Gasteiger charge is 2.38. The van der Waals surface area contributed by atoms with Crippen molar-refractivity contribution >= 4 is 0 Å². The van der Waals surface area contributed by atoms with Crippen LogP contribution >= 0.6 is 0 Å². The van der Waals surface area contributed by atoms with E-state index >= 15 is 0 Å². The van der Waals surface area contributed by atoms with Gasteiger partial charge >= 0.3 is 12.1 Å². The Kier molecular flexibility index (Phi) is 3.88. The van der Waals surface area contributed by atoms with Crippen LogP contribution in [-0.4, -0.2) is 28.4 Å². The van der Waals surface area contributed by atoms with Gasteiger partial charge in [-0.15, -0.1) is 0 Å². The molecule has 1 aromatic carbocycles. The fraction of sp³-hybridized carbons (Fsp3) is 0.429. The average Bonchev–Trinajstić information content (AvgIpc) is 3.19. The van der Waals surface area contributed by atoms with Crippen molar-refractivity contribution in [3.8, 4) is 11.4 Å². The first-order chi connectivity index (χ1) is 10.5. The molecule has 2 aromatic rings. The van der Waals surface area contributed by atoms with Crippen molar-refractivity contribution < 1.29 is 22.5 Å². The van der Waals surface area contributed by atoms with Crippen LogP contribution < -0.4 is 0 Å². The van der Waals surface area contributed by atoms with Gasteiger partial charge in [0.2, 0.25) is 5.82 Å². The summed E-state index contributed by atoms with van der Waals surface area (Å²) >= 11 is 0. The summed E-state index contributed by atoms with van der Waals surface area (Å²) in [6.07, 6.45) is -2.39. The topological polar surface area (TPSA) is 51.4 Å². The third kappa shape index (κ3) is 3.28. The predicted molar refractivity (Wildman–Crippen MR) is 70.3 cm³/mol. The monoisotopic (exact) mass is 313 g/mol. The summed E-state index contributed by atoms with van der Waals surface area (Å²) in [5.74, 6) is -1.42. The largest absolute Gasteiger partial charge is 0.471 e. The molecule has 0 bridgehead atoms. The zero-order chi connectivity index (χ0) is 15.7. The molecule has 3 rings (SSSR count). The van der Waals surface area contributed by atoms with Gasteiger partial charge in [-0.3, -0.25) is 0 Å². The van der Waals surface area contributed by atoms with Gasteiger partial charge in [0.25, 0.3) is 0 Å². The molecule has 0 amide bonds. The summed E-state index contributed by atoms with van der Waals surface area (Å²) in [6, 6.07) is 7.42. The van der Waals surface area contributed by atoms with Gasteiger partial charge in [0, 0.05) is 18.2 Å². The number of alkyl halides is 3. The maximum Gasteiger partial charge on any atom is 0.471 e. The van der Waals surface area contributed by atoms with E-state index in [-0.39, 0.29) is 5.82 Å². The molecule has 1 aromatic heterocycles. The van der Waals surface area contributed by atoms with Crippen LogP contribution in [0.3, 0.4) is 0 Å². The lowest BCUT2D eigenvalue weighted by Gasteiger charge is -2.18. The fourth-order valence-electron chi connectivity index (χ4n) is 2.10. The lowest BCUT2D eigenvalue weighted by Crippen LogP contribution is -2.23. The van der Waals surface area contributed by atoms with Crippen LogP contribution in [0.4, 0.5) is 13.2 Å². The molecule has 1 aliphatic carbocycles. The standard InChI is InChI=1S/C14H14F3N3O2/c1-21-20(11-6-7-11)8-9-2-4-10(5-3-9)12-18-13(22-19-12)14(15,16)17/h2-5,11H,6-8H2,1H3. The van der Waals surface area contributed by atoms with Gasteiger partial charge in [0.1, 0.15) is 0 Å². The minimum Gasteiger partial charge on any atom is -0.329 e. The van der Waals surface area contributed by atoms with Crippen molar-refractivity contribution in [2.45, 2.75) is 31.6 Å². The number of halogens is 3. The summed E-state index contributed by atoms with van der Waals surface area (Å²) in [5, 5.41) is 5.25. The molecule has 0 unspecified atom stereocenters. The van der Waals surface area contributed by atoms with E-state index in [2.05, 4.69) is 14.7 Å². The molecule has 118 valence electrons. The van der Waals surface area contributed by atoms with Gasteiger partial charge in [-0.05, 0) is 18.4 Å². The van der Waals surface area contributed by atoms with E-state index in [1.54, 1.807) is 19.2 Å². The first-order valence-corrected chi connectivity index (χ1v) is 6.78. The van der Waals surface area contributed by atoms with Crippen molar-refractivity contribution in [2.24, 2.45) is 0 Å². The molecule has 1 saturated carbocycles. The molecule has 1 heterocycles. The zero-order valence-electron chi connectivity index (χ0n) is 11.8. The molecule has 22 heavy (non-hydrogen) atoms. The molecule has 0 radical (unpaired) electrons. The van der Waals surface area contributed by atoms with Crippen LogP contribution in [0.25, 0.3) is 11.4 Å². The Balaban J connectivity index is 1.72. The Morgan fingerprint density at radius 3 is 2.45 bits per heavy atom. The highest BCUT2D eigenvalue weighted by Crippen LogP contribution is 2.30. The van der Waals surface area contributed by atoms with Crippen molar-refractivity contribution in [1.29, 1.82) is 0 Å². The Bertz CT molecular complexity index is 636. The van der Waals surface area contributed by atoms with Crippen molar-refractivity contribution in [1.82, 2.24) is 15.2 Å². The van der Waals surface area contributed by atoms with Crippen molar-refractivity contribution in [3.63, 3.8) is 0 Å². The van der Waals surface area contributed by atoms with Gasteiger partial charge in [-0.2, -0.15) is 23.2 Å². The zero-order valence-corrected chi connectivity index (χ0v) is 11.8. The predicted octanol–water partition coefficient (Wildman–Crippen LogP) is 3.28. The summed E-state index contributed by atoms with van der Waals surface area (Å²) in [4.78, 5) is 8.66. The highest BCUT2D eigenvalue weighted by atomic mass is 19.4. The number of rotatable bonds is 5. The maximum absolute atomic E-state index is 12.4. The lowest BCUT2D eigenvalue weighted by atomic mass is 10.1. The molecule has 0 spiro atoms. The summed E-state index contributed by atoms with van der Waals surface area (Å²) < 4.78 is 41.5. The van der Waals surface area contributed by atoms with E-state index in [0.717, 1.165) is 18.4 Å². The molecule has 0 atom stereocenters. The third-order valence-electron chi connectivity index (χ3n) is 3.41. The van der Waals surface area contributed by atoms with Crippen LogP contribution in [0.1, 0.15) is 24.3 Å². The van der Waals surface area contributed by atoms with E-state index < -0.39 is 12.1 Å². The second kappa shape index (κ2) is 5.69. The van der Waals surface area contributed by atoms with E-state index in [9.17, 15) is 13.2 Å². The first-order valence-electron chi connectivity index (χ1n) is 6.78. The number of benzene rings is 1. The van der Waals surface area contributed by atoms with Crippen molar-refractivity contribution in [3.05, 3.63) is 35.7 Å². The molecule has 0 aliphatic heterocycles. The van der Waals surface area contributed by atoms with Gasteiger partial charge in [-0.25, -0.2) is 0 Å². The Morgan fingerprint density at radius 2 is 1.95 bits per heavy atom. The molecule has 1 aliphatic rings. The minimum atomic E-state index is -4.63. The van der Waals surface area contributed by atoms with Crippen LogP contribution in [0.2, 0.25) is 0 Å². The lowest BCUT2D eigenvalue weighted by molar-refractivity contribution is -0.159. The summed E-state index contributed by atoms with van der Waals surface area (Å²) in [5.41, 5.74) is 1.47. The smallest absolute Gasteiger partial charge is 0.329 e. The van der Waals surface area contributed by atoms with E-state index in [1.807, 2.05) is 17.2 Å². The van der Waals surface area contributed by atoms with Gasteiger partial charge in [-0.1, -0.05) is 29.4 Å². The van der Waals surface area contributed by atoms with Gasteiger partial charge in [0.15, 0.2) is 0 Å². The fourth-order valence-corrected chi connectivity index (χ4v) is 2.10. The second-order valence-electron chi connectivity index (χ2n) is 5.11. The second-order valence-corrected chi connectivity index (χ2v) is 5.11. The van der Waals surface area contributed by atoms with Gasteiger partial charge < -0.3 is 9.36 Å². The average molecular weight is 313 g/mol. The Hall–Kier alpha value is -1.93. The molecule has 0 saturated heterocycles. The Labute approximate surface area is 124 Å². The molecule has 0 N–H and O–H groups in total. The SMILES string of the molecule is CON(Cc1ccc(-c2noc(C(F)(F)F)n2)cc1)C1CC1. The number of hydrogen-bond donors (Lipinski definition) is 0. The Morgan fingerprint density at radius 1 is 1.27 bits per heavy atom. The quantitative estimate of drug-likeness (QED) is 0.793. The van der Waals surface area contributed by atoms with Crippen LogP contribution in [0, 0.1) is 0 Å². The number of hydroxylamine groups is 2. The molecular weight excluding hydrogens is 299 g/mol. The molecule has 5 nitrogen and oxygen atoms in total. The molecule has 8 heteroatoms. The first kappa shape index (κ1) is 15.0. The van der Waals surface area contributed by atoms with Crippen LogP contribution in [0.15, 0.2) is 28.8 Å². The van der Waals surface area contributed by atoms with E-state index in [4.69, 9.17) is 4.84 Å². The highest BCUT2D eigenvalue weighted by molar-refractivity contribution is 5.54. The minimum absolute atomic E-state index is 0.0790. The van der Waals surface area contributed by atoms with Gasteiger partial charge in [0.05, 0.1) is 7.11 Å². The summed E-state index contributed by atoms with van der Waals surface area (Å²) in [6.45, 7) is 0.626. The third-order valence-corrected chi connectivity index (χ3v) is 3.41. The molecular formula is C14H14F3N3O2. The number of aromatic nitrogens is 2. The number of nitrogens with zero attached hydrogens (tertiary/aromatic N) is 3. The van der Waals surface area contributed by atoms with E-state index in [0.29, 0.717) is 18.2 Å². The van der Waals surface area contributed by atoms with Crippen LogP contribution in [-0.2, 0) is 17.6 Å². The maximum atomic E-state index is 12.4. The normalized spacial score (nSPS) is 15.5. The van der Waals surface area contributed by atoms with Crippen molar-refractivity contribution in [2.75, 3.05) is 7.11 Å². The van der Waals surface area contributed by atoms with E-state index in [1.165, 1.54) is 0 Å². The molecule has 1 fully saturated rings. The summed E-state index contributed by atoms with van der Waals surface area (Å²) in [7, 11) is 1.63. The number of hydrogen-bond acceptors (Lipinski definition) is 5. The van der Waals surface area contributed by atoms with Crippen LogP contribution in [0.5, 0.6) is 0 Å².